The van der Waals surface area contributed by atoms with Gasteiger partial charge in [0.25, 0.3) is 5.91 Å². The van der Waals surface area contributed by atoms with Crippen molar-refractivity contribution in [1.29, 1.82) is 0 Å². The Kier molecular flexibility index (Phi) is 9.44. The zero-order valence-electron chi connectivity index (χ0n) is 22.9. The minimum Gasteiger partial charge on any atom is -0.465 e. The third-order valence-electron chi connectivity index (χ3n) is 6.81. The maximum Gasteiger partial charge on any atom is 0.405 e. The first-order valence-corrected chi connectivity index (χ1v) is 18.7. The van der Waals surface area contributed by atoms with Crippen LogP contribution in [0.2, 0.25) is 19.1 Å². The van der Waals surface area contributed by atoms with Gasteiger partial charge in [0.15, 0.2) is 8.32 Å². The molecule has 2 amide bonds. The topological polar surface area (TPSA) is 126 Å². The molecular weight excluding hydrogens is 567 g/mol. The Hall–Kier alpha value is -3.06. The summed E-state index contributed by atoms with van der Waals surface area (Å²) in [6, 6.07) is 15.1. The fourth-order valence-corrected chi connectivity index (χ4v) is 9.75. The van der Waals surface area contributed by atoms with E-state index < -0.39 is 24.2 Å². The number of carbonyl (C=O) groups excluding carboxylic acids is 1. The zero-order chi connectivity index (χ0) is 28.9. The number of rotatable bonds is 11. The van der Waals surface area contributed by atoms with E-state index in [0.717, 1.165) is 42.2 Å². The van der Waals surface area contributed by atoms with Gasteiger partial charge in [-0.15, -0.1) is 11.3 Å². The Balaban J connectivity index is 1.62. The van der Waals surface area contributed by atoms with Crippen LogP contribution in [0.25, 0.3) is 11.1 Å². The average Bonchev–Trinajstić information content (AvgIpc) is 3.61. The predicted molar refractivity (Wildman–Crippen MR) is 157 cm³/mol. The van der Waals surface area contributed by atoms with E-state index in [-0.39, 0.29) is 27.7 Å². The number of aromatic nitrogens is 1. The third-order valence-corrected chi connectivity index (χ3v) is 12.5. The van der Waals surface area contributed by atoms with Gasteiger partial charge in [-0.2, -0.15) is 0 Å². The van der Waals surface area contributed by atoms with E-state index in [9.17, 15) is 18.0 Å². The highest BCUT2D eigenvalue weighted by Gasteiger charge is 2.33. The number of hydrogen-bond donors (Lipinski definition) is 2. The van der Waals surface area contributed by atoms with Gasteiger partial charge in [0.1, 0.15) is 9.22 Å². The SMILES string of the molecule is CCCC[Si](C)(C)OC1CCN(C(=O)c2cc(-c3ccccc3)cc(S(=O)(=O)c3cnc(CNC(=O)O)s3)c2)C1. The lowest BCUT2D eigenvalue weighted by atomic mass is 10.0. The monoisotopic (exact) mass is 601 g/mol. The molecule has 4 rings (SSSR count). The van der Waals surface area contributed by atoms with E-state index >= 15 is 0 Å². The lowest BCUT2D eigenvalue weighted by molar-refractivity contribution is 0.0769. The van der Waals surface area contributed by atoms with Crippen LogP contribution in [-0.4, -0.2) is 62.9 Å². The fourth-order valence-electron chi connectivity index (χ4n) is 4.75. The number of hydrogen-bond acceptors (Lipinski definition) is 7. The summed E-state index contributed by atoms with van der Waals surface area (Å²) in [6.07, 6.45) is 3.00. The molecule has 1 fully saturated rings. The molecule has 1 aromatic heterocycles. The van der Waals surface area contributed by atoms with Crippen LogP contribution in [0.5, 0.6) is 0 Å². The molecule has 0 spiro atoms. The molecule has 9 nitrogen and oxygen atoms in total. The molecule has 1 atom stereocenters. The zero-order valence-corrected chi connectivity index (χ0v) is 25.6. The highest BCUT2D eigenvalue weighted by molar-refractivity contribution is 7.93. The molecule has 1 aliphatic rings. The lowest BCUT2D eigenvalue weighted by Gasteiger charge is -2.27. The first-order chi connectivity index (χ1) is 19.0. The number of carboxylic acid groups (broad SMARTS) is 1. The number of carbonyl (C=O) groups is 2. The Morgan fingerprint density at radius 1 is 1.18 bits per heavy atom. The van der Waals surface area contributed by atoms with Gasteiger partial charge < -0.3 is 19.7 Å². The third kappa shape index (κ3) is 7.36. The largest absolute Gasteiger partial charge is 0.465 e. The van der Waals surface area contributed by atoms with Crippen LogP contribution >= 0.6 is 11.3 Å². The minimum absolute atomic E-state index is 0.0151. The number of nitrogens with zero attached hydrogens (tertiary/aromatic N) is 2. The van der Waals surface area contributed by atoms with E-state index in [1.54, 1.807) is 17.0 Å². The Labute approximate surface area is 240 Å². The van der Waals surface area contributed by atoms with Gasteiger partial charge in [0, 0.05) is 18.7 Å². The molecule has 0 bridgehead atoms. The second-order valence-corrected chi connectivity index (χ2v) is 18.0. The average molecular weight is 602 g/mol. The van der Waals surface area contributed by atoms with Crippen molar-refractivity contribution >= 4 is 41.5 Å². The van der Waals surface area contributed by atoms with Gasteiger partial charge in [-0.3, -0.25) is 4.79 Å². The smallest absolute Gasteiger partial charge is 0.405 e. The van der Waals surface area contributed by atoms with Gasteiger partial charge in [-0.25, -0.2) is 18.2 Å². The summed E-state index contributed by atoms with van der Waals surface area (Å²) in [6.45, 7) is 7.54. The summed E-state index contributed by atoms with van der Waals surface area (Å²) in [5, 5.41) is 11.4. The summed E-state index contributed by atoms with van der Waals surface area (Å²) in [5.41, 5.74) is 1.69. The van der Waals surface area contributed by atoms with Crippen molar-refractivity contribution in [2.75, 3.05) is 13.1 Å². The van der Waals surface area contributed by atoms with Gasteiger partial charge in [-0.05, 0) is 54.9 Å². The lowest BCUT2D eigenvalue weighted by Crippen LogP contribution is -2.37. The first kappa shape index (κ1) is 29.9. The standard InChI is InChI=1S/C28H35N3O6S2Si/c1-4-5-13-40(2,3)37-23-11-12-31(19-23)27(32)22-14-21(20-9-7-6-8-10-20)15-24(16-22)39(35,36)26-18-29-25(38-26)17-30-28(33)34/h6-10,14-16,18,23,30H,4-5,11-13,17,19H2,1-3H3,(H,33,34). The molecule has 1 saturated heterocycles. The van der Waals surface area contributed by atoms with Gasteiger partial charge in [0.2, 0.25) is 9.84 Å². The van der Waals surface area contributed by atoms with Gasteiger partial charge in [-0.1, -0.05) is 50.1 Å². The van der Waals surface area contributed by atoms with Crippen LogP contribution in [0.15, 0.2) is 63.8 Å². The van der Waals surface area contributed by atoms with Crippen molar-refractivity contribution in [3.8, 4) is 11.1 Å². The maximum atomic E-state index is 13.7. The number of amides is 2. The quantitative estimate of drug-likeness (QED) is 0.272. The van der Waals surface area contributed by atoms with Crippen LogP contribution in [0.4, 0.5) is 4.79 Å². The fraction of sp³-hybridized carbons (Fsp3) is 0.393. The first-order valence-electron chi connectivity index (χ1n) is 13.3. The van der Waals surface area contributed by atoms with Crippen molar-refractivity contribution in [1.82, 2.24) is 15.2 Å². The van der Waals surface area contributed by atoms with Crippen molar-refractivity contribution in [2.24, 2.45) is 0 Å². The molecule has 2 N–H and O–H groups in total. The molecule has 2 heterocycles. The normalized spacial score (nSPS) is 15.8. The highest BCUT2D eigenvalue weighted by atomic mass is 32.2. The van der Waals surface area contributed by atoms with Crippen LogP contribution in [-0.2, 0) is 20.8 Å². The Morgan fingerprint density at radius 2 is 1.93 bits per heavy atom. The maximum absolute atomic E-state index is 13.7. The Morgan fingerprint density at radius 3 is 2.62 bits per heavy atom. The number of thiazole rings is 1. The molecule has 40 heavy (non-hydrogen) atoms. The van der Waals surface area contributed by atoms with Crippen LogP contribution in [0, 0.1) is 0 Å². The molecule has 12 heteroatoms. The number of benzene rings is 2. The summed E-state index contributed by atoms with van der Waals surface area (Å²) < 4.78 is 33.8. The minimum atomic E-state index is -4.02. The molecular formula is C28H35N3O6S2Si. The van der Waals surface area contributed by atoms with Gasteiger partial charge >= 0.3 is 6.09 Å². The van der Waals surface area contributed by atoms with Crippen LogP contribution < -0.4 is 5.32 Å². The molecule has 0 radical (unpaired) electrons. The molecule has 3 aromatic rings. The molecule has 0 aliphatic carbocycles. The number of unbranched alkanes of at least 4 members (excludes halogenated alkanes) is 1. The van der Waals surface area contributed by atoms with E-state index in [1.165, 1.54) is 12.3 Å². The highest BCUT2D eigenvalue weighted by Crippen LogP contribution is 2.32. The van der Waals surface area contributed by atoms with Crippen molar-refractivity contribution in [3.05, 3.63) is 65.3 Å². The second kappa shape index (κ2) is 12.6. The molecule has 2 aromatic carbocycles. The summed E-state index contributed by atoms with van der Waals surface area (Å²) in [7, 11) is -5.85. The van der Waals surface area contributed by atoms with Crippen molar-refractivity contribution < 1.29 is 27.5 Å². The van der Waals surface area contributed by atoms with Crippen LogP contribution in [0.1, 0.15) is 41.6 Å². The van der Waals surface area contributed by atoms with E-state index in [2.05, 4.69) is 30.3 Å². The second-order valence-electron chi connectivity index (χ2n) is 10.5. The van der Waals surface area contributed by atoms with Crippen molar-refractivity contribution in [2.45, 2.75) is 67.1 Å². The van der Waals surface area contributed by atoms with Crippen LogP contribution in [0.3, 0.4) is 0 Å². The van der Waals surface area contributed by atoms with E-state index in [1.807, 2.05) is 30.3 Å². The van der Waals surface area contributed by atoms with E-state index in [4.69, 9.17) is 9.53 Å². The summed E-state index contributed by atoms with van der Waals surface area (Å²) in [5.74, 6) is -0.232. The number of sulfone groups is 1. The molecule has 0 saturated carbocycles. The molecule has 214 valence electrons. The summed E-state index contributed by atoms with van der Waals surface area (Å²) in [4.78, 5) is 30.3. The van der Waals surface area contributed by atoms with Crippen molar-refractivity contribution in [3.63, 3.8) is 0 Å². The number of nitrogens with one attached hydrogen (secondary N) is 1. The number of likely N-dealkylation sites (tertiary alicyclic amines) is 1. The molecule has 1 unspecified atom stereocenters. The Bertz CT molecular complexity index is 1460. The summed E-state index contributed by atoms with van der Waals surface area (Å²) >= 11 is 0.896. The van der Waals surface area contributed by atoms with Gasteiger partial charge in [0.05, 0.1) is 23.7 Å². The molecule has 1 aliphatic heterocycles. The predicted octanol–water partition coefficient (Wildman–Crippen LogP) is 5.65. The van der Waals surface area contributed by atoms with E-state index in [0.29, 0.717) is 29.2 Å².